The molecule has 4 heteroatoms. The highest BCUT2D eigenvalue weighted by Gasteiger charge is 2.20. The Kier molecular flexibility index (Phi) is 4.70. The second-order valence-electron chi connectivity index (χ2n) is 4.02. The second-order valence-corrected chi connectivity index (χ2v) is 6.08. The molecule has 1 fully saturated rings. The fourth-order valence-corrected chi connectivity index (χ4v) is 3.51. The maximum absolute atomic E-state index is 9.45. The molecule has 0 aromatic heterocycles. The Labute approximate surface area is 109 Å². The van der Waals surface area contributed by atoms with Crippen LogP contribution in [0.5, 0.6) is 0 Å². The molecule has 0 amide bonds. The van der Waals surface area contributed by atoms with E-state index >= 15 is 0 Å². The first kappa shape index (κ1) is 12.4. The molecule has 0 saturated carbocycles. The van der Waals surface area contributed by atoms with E-state index in [0.29, 0.717) is 6.04 Å². The molecule has 0 aliphatic carbocycles. The molecule has 0 radical (unpaired) electrons. The van der Waals surface area contributed by atoms with Crippen LogP contribution in [0.1, 0.15) is 18.0 Å². The van der Waals surface area contributed by atoms with Crippen molar-refractivity contribution in [1.82, 2.24) is 5.32 Å². The minimum atomic E-state index is 0.0567. The van der Waals surface area contributed by atoms with Gasteiger partial charge in [-0.05, 0) is 29.9 Å². The first-order chi connectivity index (χ1) is 7.79. The van der Waals surface area contributed by atoms with Gasteiger partial charge in [0.1, 0.15) is 0 Å². The van der Waals surface area contributed by atoms with Crippen molar-refractivity contribution in [2.45, 2.75) is 18.5 Å². The van der Waals surface area contributed by atoms with E-state index in [1.807, 2.05) is 23.9 Å². The Balaban J connectivity index is 2.03. The summed E-state index contributed by atoms with van der Waals surface area (Å²) in [6, 6.07) is 8.73. The van der Waals surface area contributed by atoms with Gasteiger partial charge in [0.25, 0.3) is 0 Å². The highest BCUT2D eigenvalue weighted by atomic mass is 79.9. The van der Waals surface area contributed by atoms with Crippen LogP contribution in [0.2, 0.25) is 0 Å². The molecule has 2 nitrogen and oxygen atoms in total. The number of hydrogen-bond donors (Lipinski definition) is 2. The van der Waals surface area contributed by atoms with Crippen molar-refractivity contribution < 1.29 is 5.11 Å². The summed E-state index contributed by atoms with van der Waals surface area (Å²) in [4.78, 5) is 0. The number of thioether (sulfide) groups is 1. The highest BCUT2D eigenvalue weighted by Crippen LogP contribution is 2.22. The van der Waals surface area contributed by atoms with Crippen LogP contribution >= 0.6 is 27.7 Å². The third-order valence-electron chi connectivity index (χ3n) is 2.80. The Morgan fingerprint density at radius 2 is 2.44 bits per heavy atom. The zero-order valence-electron chi connectivity index (χ0n) is 9.03. The molecule has 0 bridgehead atoms. The maximum Gasteiger partial charge on any atom is 0.0626 e. The molecule has 1 saturated heterocycles. The Morgan fingerprint density at radius 3 is 3.06 bits per heavy atom. The molecule has 2 rings (SSSR count). The molecule has 2 unspecified atom stereocenters. The van der Waals surface area contributed by atoms with Gasteiger partial charge in [-0.1, -0.05) is 28.1 Å². The van der Waals surface area contributed by atoms with E-state index in [4.69, 9.17) is 0 Å². The van der Waals surface area contributed by atoms with Crippen LogP contribution in [0.4, 0.5) is 0 Å². The standard InChI is InChI=1S/C12H16BrNOS/c13-10-3-1-2-9(6-10)12(7-15)14-11-4-5-16-8-11/h1-3,6,11-12,14-15H,4-5,7-8H2. The van der Waals surface area contributed by atoms with Gasteiger partial charge >= 0.3 is 0 Å². The normalized spacial score (nSPS) is 22.2. The molecule has 1 aliphatic heterocycles. The summed E-state index contributed by atoms with van der Waals surface area (Å²) in [6.45, 7) is 0.150. The van der Waals surface area contributed by atoms with E-state index in [-0.39, 0.29) is 12.6 Å². The zero-order chi connectivity index (χ0) is 11.4. The number of halogens is 1. The van der Waals surface area contributed by atoms with Crippen LogP contribution in [0.15, 0.2) is 28.7 Å². The highest BCUT2D eigenvalue weighted by molar-refractivity contribution is 9.10. The van der Waals surface area contributed by atoms with E-state index in [2.05, 4.69) is 33.4 Å². The average Bonchev–Trinajstić information content (AvgIpc) is 2.78. The number of rotatable bonds is 4. The number of benzene rings is 1. The SMILES string of the molecule is OCC(NC1CCSC1)c1cccc(Br)c1. The molecule has 88 valence electrons. The van der Waals surface area contributed by atoms with E-state index < -0.39 is 0 Å². The lowest BCUT2D eigenvalue weighted by atomic mass is 10.1. The average molecular weight is 302 g/mol. The summed E-state index contributed by atoms with van der Waals surface area (Å²) in [7, 11) is 0. The van der Waals surface area contributed by atoms with Gasteiger partial charge in [0.05, 0.1) is 12.6 Å². The summed E-state index contributed by atoms with van der Waals surface area (Å²) in [6.07, 6.45) is 1.20. The predicted molar refractivity (Wildman–Crippen MR) is 72.8 cm³/mol. The summed E-state index contributed by atoms with van der Waals surface area (Å²) in [5.41, 5.74) is 1.15. The van der Waals surface area contributed by atoms with Gasteiger partial charge in [0, 0.05) is 16.3 Å². The van der Waals surface area contributed by atoms with Crippen molar-refractivity contribution in [2.75, 3.05) is 18.1 Å². The lowest BCUT2D eigenvalue weighted by Gasteiger charge is -2.21. The van der Waals surface area contributed by atoms with Gasteiger partial charge in [0.15, 0.2) is 0 Å². The van der Waals surface area contributed by atoms with Crippen molar-refractivity contribution in [3.05, 3.63) is 34.3 Å². The molecule has 1 aromatic carbocycles. The van der Waals surface area contributed by atoms with E-state index in [9.17, 15) is 5.11 Å². The first-order valence-electron chi connectivity index (χ1n) is 5.49. The zero-order valence-corrected chi connectivity index (χ0v) is 11.4. The second kappa shape index (κ2) is 6.05. The molecule has 1 aromatic rings. The lowest BCUT2D eigenvalue weighted by Crippen LogP contribution is -2.34. The van der Waals surface area contributed by atoms with E-state index in [1.165, 1.54) is 12.2 Å². The third-order valence-corrected chi connectivity index (χ3v) is 4.46. The van der Waals surface area contributed by atoms with Gasteiger partial charge in [-0.2, -0.15) is 11.8 Å². The molecular formula is C12H16BrNOS. The van der Waals surface area contributed by atoms with Crippen LogP contribution in [0.3, 0.4) is 0 Å². The lowest BCUT2D eigenvalue weighted by molar-refractivity contribution is 0.235. The minimum absolute atomic E-state index is 0.0567. The maximum atomic E-state index is 9.45. The number of nitrogens with one attached hydrogen (secondary N) is 1. The molecular weight excluding hydrogens is 286 g/mol. The molecule has 0 spiro atoms. The van der Waals surface area contributed by atoms with Crippen molar-refractivity contribution in [1.29, 1.82) is 0 Å². The van der Waals surface area contributed by atoms with E-state index in [0.717, 1.165) is 15.8 Å². The van der Waals surface area contributed by atoms with Crippen LogP contribution in [0, 0.1) is 0 Å². The van der Waals surface area contributed by atoms with Crippen molar-refractivity contribution in [3.8, 4) is 0 Å². The van der Waals surface area contributed by atoms with Crippen LogP contribution in [-0.4, -0.2) is 29.3 Å². The monoisotopic (exact) mass is 301 g/mol. The smallest absolute Gasteiger partial charge is 0.0626 e. The van der Waals surface area contributed by atoms with Crippen LogP contribution < -0.4 is 5.32 Å². The summed E-state index contributed by atoms with van der Waals surface area (Å²) < 4.78 is 1.06. The fourth-order valence-electron chi connectivity index (χ4n) is 1.93. The van der Waals surface area contributed by atoms with Gasteiger partial charge < -0.3 is 10.4 Å². The van der Waals surface area contributed by atoms with Crippen LogP contribution in [-0.2, 0) is 0 Å². The van der Waals surface area contributed by atoms with Crippen molar-refractivity contribution >= 4 is 27.7 Å². The summed E-state index contributed by atoms with van der Waals surface area (Å²) >= 11 is 5.44. The van der Waals surface area contributed by atoms with Crippen LogP contribution in [0.25, 0.3) is 0 Å². The van der Waals surface area contributed by atoms with Gasteiger partial charge in [-0.25, -0.2) is 0 Å². The first-order valence-corrected chi connectivity index (χ1v) is 7.44. The summed E-state index contributed by atoms with van der Waals surface area (Å²) in [5, 5.41) is 13.0. The number of aliphatic hydroxyl groups excluding tert-OH is 1. The topological polar surface area (TPSA) is 32.3 Å². The Hall–Kier alpha value is -0.0300. The Morgan fingerprint density at radius 1 is 1.56 bits per heavy atom. The molecule has 16 heavy (non-hydrogen) atoms. The number of hydrogen-bond acceptors (Lipinski definition) is 3. The molecule has 1 aliphatic rings. The Bertz CT molecular complexity index is 342. The number of aliphatic hydroxyl groups is 1. The van der Waals surface area contributed by atoms with Gasteiger partial charge in [-0.3, -0.25) is 0 Å². The van der Waals surface area contributed by atoms with Crippen molar-refractivity contribution in [2.24, 2.45) is 0 Å². The molecule has 1 heterocycles. The quantitative estimate of drug-likeness (QED) is 0.896. The summed E-state index contributed by atoms with van der Waals surface area (Å²) in [5.74, 6) is 2.39. The van der Waals surface area contributed by atoms with E-state index in [1.54, 1.807) is 0 Å². The fraction of sp³-hybridized carbons (Fsp3) is 0.500. The van der Waals surface area contributed by atoms with Gasteiger partial charge in [-0.15, -0.1) is 0 Å². The third kappa shape index (κ3) is 3.23. The van der Waals surface area contributed by atoms with Crippen molar-refractivity contribution in [3.63, 3.8) is 0 Å². The van der Waals surface area contributed by atoms with Gasteiger partial charge in [0.2, 0.25) is 0 Å². The molecule has 2 atom stereocenters. The molecule has 2 N–H and O–H groups in total. The largest absolute Gasteiger partial charge is 0.394 e. The predicted octanol–water partition coefficient (Wildman–Crippen LogP) is 2.58. The minimum Gasteiger partial charge on any atom is -0.394 e.